The molecule has 0 aliphatic carbocycles. The van der Waals surface area contributed by atoms with Gasteiger partial charge in [-0.3, -0.25) is 0 Å². The van der Waals surface area contributed by atoms with Gasteiger partial charge in [-0.2, -0.15) is 5.10 Å². The standard InChI is InChI=1S/C10H13N3O2S2/c14-10(15)9-8(17-13-6-16-5-11-13)2-1-7-3-4-12(7)9/h5,7H,1-4,6H2,(H,14,15). The average Bonchev–Trinajstić information content (AvgIpc) is 2.74. The lowest BCUT2D eigenvalue weighted by Crippen LogP contribution is -2.50. The van der Waals surface area contributed by atoms with Gasteiger partial charge in [0.25, 0.3) is 0 Å². The van der Waals surface area contributed by atoms with Gasteiger partial charge >= 0.3 is 5.97 Å². The van der Waals surface area contributed by atoms with Gasteiger partial charge in [-0.1, -0.05) is 11.8 Å². The van der Waals surface area contributed by atoms with Crippen molar-refractivity contribution < 1.29 is 9.90 Å². The number of carboxylic acid groups (broad SMARTS) is 1. The molecule has 5 nitrogen and oxygen atoms in total. The molecule has 3 aliphatic rings. The molecule has 0 saturated carbocycles. The van der Waals surface area contributed by atoms with Gasteiger partial charge in [-0.15, -0.1) is 0 Å². The third-order valence-electron chi connectivity index (χ3n) is 3.25. The number of fused-ring (bicyclic) bond motifs is 1. The van der Waals surface area contributed by atoms with E-state index >= 15 is 0 Å². The number of hydrogen-bond donors (Lipinski definition) is 1. The number of hydrazone groups is 1. The summed E-state index contributed by atoms with van der Waals surface area (Å²) in [6.07, 6.45) is 3.07. The van der Waals surface area contributed by atoms with Crippen LogP contribution in [0.3, 0.4) is 0 Å². The van der Waals surface area contributed by atoms with Crippen molar-refractivity contribution in [2.45, 2.75) is 25.3 Å². The van der Waals surface area contributed by atoms with Gasteiger partial charge in [0, 0.05) is 29.4 Å². The summed E-state index contributed by atoms with van der Waals surface area (Å²) in [5, 5.41) is 13.5. The number of thioether (sulfide) groups is 1. The summed E-state index contributed by atoms with van der Waals surface area (Å²) in [4.78, 5) is 14.3. The highest BCUT2D eigenvalue weighted by atomic mass is 32.2. The molecule has 1 atom stereocenters. The van der Waals surface area contributed by atoms with Crippen LogP contribution in [0, 0.1) is 0 Å². The van der Waals surface area contributed by atoms with Crippen LogP contribution in [0.25, 0.3) is 0 Å². The Bertz CT molecular complexity index is 410. The van der Waals surface area contributed by atoms with Crippen molar-refractivity contribution >= 4 is 35.2 Å². The molecule has 0 aromatic heterocycles. The summed E-state index contributed by atoms with van der Waals surface area (Å²) >= 11 is 3.10. The van der Waals surface area contributed by atoms with Gasteiger partial charge in [-0.25, -0.2) is 9.21 Å². The van der Waals surface area contributed by atoms with Crippen molar-refractivity contribution in [3.63, 3.8) is 0 Å². The lowest BCUT2D eigenvalue weighted by Gasteiger charge is -2.46. The molecule has 3 aliphatic heterocycles. The Morgan fingerprint density at radius 1 is 1.59 bits per heavy atom. The predicted octanol–water partition coefficient (Wildman–Crippen LogP) is 1.75. The Morgan fingerprint density at radius 3 is 3.06 bits per heavy atom. The minimum atomic E-state index is -0.798. The molecule has 3 heterocycles. The molecule has 1 saturated heterocycles. The van der Waals surface area contributed by atoms with Crippen LogP contribution >= 0.6 is 23.7 Å². The Morgan fingerprint density at radius 2 is 2.47 bits per heavy atom. The molecule has 1 unspecified atom stereocenters. The van der Waals surface area contributed by atoms with E-state index in [1.54, 1.807) is 17.3 Å². The number of aliphatic carboxylic acids is 1. The van der Waals surface area contributed by atoms with Crippen LogP contribution in [0.4, 0.5) is 0 Å². The van der Waals surface area contributed by atoms with E-state index in [2.05, 4.69) is 5.10 Å². The van der Waals surface area contributed by atoms with Crippen molar-refractivity contribution in [2.75, 3.05) is 12.4 Å². The molecule has 0 radical (unpaired) electrons. The first-order valence-corrected chi connectivity index (χ1v) is 7.40. The van der Waals surface area contributed by atoms with Crippen LogP contribution in [0.15, 0.2) is 15.7 Å². The molecule has 1 fully saturated rings. The molecule has 0 amide bonds. The van der Waals surface area contributed by atoms with E-state index in [-0.39, 0.29) is 0 Å². The van der Waals surface area contributed by atoms with Gasteiger partial charge in [0.05, 0.1) is 11.4 Å². The van der Waals surface area contributed by atoms with Crippen LogP contribution in [0.1, 0.15) is 19.3 Å². The van der Waals surface area contributed by atoms with E-state index in [4.69, 9.17) is 0 Å². The number of nitrogens with zero attached hydrogens (tertiary/aromatic N) is 3. The molecule has 92 valence electrons. The summed E-state index contributed by atoms with van der Waals surface area (Å²) in [5.41, 5.74) is 2.30. The third-order valence-corrected chi connectivity index (χ3v) is 5.11. The van der Waals surface area contributed by atoms with Crippen molar-refractivity contribution in [3.8, 4) is 0 Å². The molecule has 0 aromatic rings. The van der Waals surface area contributed by atoms with Gasteiger partial charge in [0.15, 0.2) is 0 Å². The zero-order valence-electron chi connectivity index (χ0n) is 9.20. The topological polar surface area (TPSA) is 56.1 Å². The normalized spacial score (nSPS) is 27.2. The maximum atomic E-state index is 11.4. The summed E-state index contributed by atoms with van der Waals surface area (Å²) in [7, 11) is 0. The van der Waals surface area contributed by atoms with Crippen molar-refractivity contribution in [3.05, 3.63) is 10.6 Å². The fraction of sp³-hybridized carbons (Fsp3) is 0.600. The molecule has 0 bridgehead atoms. The van der Waals surface area contributed by atoms with Gasteiger partial charge < -0.3 is 10.0 Å². The molecular weight excluding hydrogens is 258 g/mol. The molecular formula is C10H13N3O2S2. The minimum Gasteiger partial charge on any atom is -0.477 e. The van der Waals surface area contributed by atoms with Crippen molar-refractivity contribution in [2.24, 2.45) is 5.10 Å². The zero-order valence-corrected chi connectivity index (χ0v) is 10.8. The molecule has 17 heavy (non-hydrogen) atoms. The van der Waals surface area contributed by atoms with E-state index in [0.717, 1.165) is 36.6 Å². The Labute approximate surface area is 108 Å². The van der Waals surface area contributed by atoms with Gasteiger partial charge in [0.1, 0.15) is 5.70 Å². The van der Waals surface area contributed by atoms with Crippen LogP contribution in [-0.2, 0) is 4.79 Å². The number of carbonyl (C=O) groups is 1. The first kappa shape index (κ1) is 11.3. The smallest absolute Gasteiger partial charge is 0.353 e. The summed E-state index contributed by atoms with van der Waals surface area (Å²) < 4.78 is 1.85. The summed E-state index contributed by atoms with van der Waals surface area (Å²) in [5.74, 6) is -0.00227. The minimum absolute atomic E-state index is 0.460. The highest BCUT2D eigenvalue weighted by Crippen LogP contribution is 2.41. The maximum absolute atomic E-state index is 11.4. The van der Waals surface area contributed by atoms with Crippen LogP contribution in [-0.4, -0.2) is 44.4 Å². The maximum Gasteiger partial charge on any atom is 0.353 e. The number of carboxylic acids is 1. The SMILES string of the molecule is O=C(O)C1=C(SN2CSC=N2)CCC2CCN12. The van der Waals surface area contributed by atoms with E-state index in [0.29, 0.717) is 11.7 Å². The van der Waals surface area contributed by atoms with Crippen molar-refractivity contribution in [1.82, 2.24) is 9.31 Å². The first-order valence-electron chi connectivity index (χ1n) is 5.58. The predicted molar refractivity (Wildman–Crippen MR) is 69.4 cm³/mol. The Kier molecular flexibility index (Phi) is 2.96. The van der Waals surface area contributed by atoms with Crippen LogP contribution < -0.4 is 0 Å². The van der Waals surface area contributed by atoms with E-state index in [9.17, 15) is 9.90 Å². The lowest BCUT2D eigenvalue weighted by molar-refractivity contribution is -0.136. The molecule has 0 spiro atoms. The second kappa shape index (κ2) is 4.45. The number of allylic oxidation sites excluding steroid dienone is 1. The first-order chi connectivity index (χ1) is 8.25. The highest BCUT2D eigenvalue weighted by Gasteiger charge is 2.38. The highest BCUT2D eigenvalue weighted by molar-refractivity contribution is 8.13. The van der Waals surface area contributed by atoms with Crippen LogP contribution in [0.5, 0.6) is 0 Å². The monoisotopic (exact) mass is 271 g/mol. The summed E-state index contributed by atoms with van der Waals surface area (Å²) in [6.45, 7) is 0.883. The van der Waals surface area contributed by atoms with Gasteiger partial charge in [-0.05, 0) is 19.3 Å². The van der Waals surface area contributed by atoms with E-state index in [1.807, 2.05) is 9.31 Å². The second-order valence-corrected chi connectivity index (χ2v) is 6.11. The molecule has 3 rings (SSSR count). The van der Waals surface area contributed by atoms with E-state index < -0.39 is 5.97 Å². The number of hydrogen-bond acceptors (Lipinski definition) is 6. The molecule has 7 heteroatoms. The fourth-order valence-corrected chi connectivity index (χ4v) is 4.08. The average molecular weight is 271 g/mol. The number of rotatable bonds is 3. The third kappa shape index (κ3) is 2.01. The second-order valence-electron chi connectivity index (χ2n) is 4.21. The fourth-order valence-electron chi connectivity index (χ4n) is 2.34. The van der Waals surface area contributed by atoms with Gasteiger partial charge in [0.2, 0.25) is 0 Å². The molecule has 0 aromatic carbocycles. The summed E-state index contributed by atoms with van der Waals surface area (Å²) in [6, 6.07) is 0.460. The zero-order chi connectivity index (χ0) is 11.8. The quantitative estimate of drug-likeness (QED) is 0.789. The van der Waals surface area contributed by atoms with E-state index in [1.165, 1.54) is 11.9 Å². The molecule has 1 N–H and O–H groups in total. The largest absolute Gasteiger partial charge is 0.477 e. The van der Waals surface area contributed by atoms with Crippen molar-refractivity contribution in [1.29, 1.82) is 0 Å². The Hall–Kier alpha value is -0.820. The van der Waals surface area contributed by atoms with Crippen LogP contribution in [0.2, 0.25) is 0 Å². The lowest BCUT2D eigenvalue weighted by atomic mass is 9.92. The Balaban J connectivity index is 1.82.